The number of aromatic nitrogens is 1. The molecule has 0 atom stereocenters. The van der Waals surface area contributed by atoms with Crippen LogP contribution in [0, 0.1) is 6.92 Å². The molecule has 0 aliphatic rings. The van der Waals surface area contributed by atoms with Gasteiger partial charge in [-0.25, -0.2) is 18.5 Å². The molecule has 2 aromatic carbocycles. The Morgan fingerprint density at radius 2 is 1.79 bits per heavy atom. The molecule has 0 aliphatic heterocycles. The van der Waals surface area contributed by atoms with Crippen molar-refractivity contribution in [2.45, 2.75) is 24.7 Å². The van der Waals surface area contributed by atoms with E-state index >= 15 is 0 Å². The fourth-order valence-electron chi connectivity index (χ4n) is 2.64. The Morgan fingerprint density at radius 1 is 1.11 bits per heavy atom. The van der Waals surface area contributed by atoms with Crippen molar-refractivity contribution in [2.75, 3.05) is 6.54 Å². The number of primary sulfonamides is 1. The summed E-state index contributed by atoms with van der Waals surface area (Å²) in [7, 11) is -3.68. The minimum atomic E-state index is -3.68. The number of nitrogens with zero attached hydrogens (tertiary/aromatic N) is 1. The van der Waals surface area contributed by atoms with Crippen molar-refractivity contribution in [3.63, 3.8) is 0 Å². The fourth-order valence-corrected chi connectivity index (χ4v) is 3.98. The molecule has 0 saturated carbocycles. The second-order valence-corrected chi connectivity index (χ2v) is 8.90. The van der Waals surface area contributed by atoms with Gasteiger partial charge in [0.05, 0.1) is 17.0 Å². The number of thiazole rings is 1. The van der Waals surface area contributed by atoms with Crippen molar-refractivity contribution in [3.05, 3.63) is 70.7 Å². The zero-order valence-electron chi connectivity index (χ0n) is 15.4. The number of rotatable bonds is 7. The van der Waals surface area contributed by atoms with Crippen LogP contribution in [-0.2, 0) is 27.7 Å². The summed E-state index contributed by atoms with van der Waals surface area (Å²) in [5.74, 6) is -0.0955. The number of benzene rings is 2. The number of amides is 1. The quantitative estimate of drug-likeness (QED) is 0.619. The number of carbonyl (C=O) groups excluding carboxylic acids is 1. The Morgan fingerprint density at radius 3 is 2.43 bits per heavy atom. The van der Waals surface area contributed by atoms with E-state index < -0.39 is 10.0 Å². The third-order valence-electron chi connectivity index (χ3n) is 4.18. The molecule has 6 nitrogen and oxygen atoms in total. The van der Waals surface area contributed by atoms with Crippen molar-refractivity contribution >= 4 is 27.3 Å². The van der Waals surface area contributed by atoms with Crippen molar-refractivity contribution in [3.8, 4) is 10.6 Å². The maximum absolute atomic E-state index is 12.1. The number of nitrogens with one attached hydrogen (secondary N) is 1. The maximum Gasteiger partial charge on any atom is 0.238 e. The van der Waals surface area contributed by atoms with Crippen LogP contribution < -0.4 is 10.5 Å². The molecule has 1 aromatic heterocycles. The van der Waals surface area contributed by atoms with Gasteiger partial charge in [-0.2, -0.15) is 0 Å². The van der Waals surface area contributed by atoms with E-state index in [4.69, 9.17) is 5.14 Å². The highest BCUT2D eigenvalue weighted by Crippen LogP contribution is 2.24. The molecule has 3 aromatic rings. The topological polar surface area (TPSA) is 102 Å². The molecule has 0 bridgehead atoms. The van der Waals surface area contributed by atoms with E-state index in [-0.39, 0.29) is 17.2 Å². The average molecular weight is 416 g/mol. The van der Waals surface area contributed by atoms with Gasteiger partial charge in [0.25, 0.3) is 0 Å². The van der Waals surface area contributed by atoms with Crippen LogP contribution in [0.2, 0.25) is 0 Å². The minimum Gasteiger partial charge on any atom is -0.355 e. The summed E-state index contributed by atoms with van der Waals surface area (Å²) >= 11 is 1.52. The molecule has 28 heavy (non-hydrogen) atoms. The maximum atomic E-state index is 12.1. The predicted octanol–water partition coefficient (Wildman–Crippen LogP) is 2.67. The molecule has 1 amide bonds. The summed E-state index contributed by atoms with van der Waals surface area (Å²) in [5, 5.41) is 10.7. The molecule has 0 saturated heterocycles. The number of aryl methyl sites for hydroxylation is 1. The lowest BCUT2D eigenvalue weighted by Crippen LogP contribution is -2.27. The van der Waals surface area contributed by atoms with E-state index in [1.165, 1.54) is 29.0 Å². The predicted molar refractivity (Wildman–Crippen MR) is 111 cm³/mol. The second kappa shape index (κ2) is 8.64. The fraction of sp³-hybridized carbons (Fsp3) is 0.200. The summed E-state index contributed by atoms with van der Waals surface area (Å²) in [6.07, 6.45) is 0.828. The van der Waals surface area contributed by atoms with Crippen LogP contribution in [-0.4, -0.2) is 25.9 Å². The highest BCUT2D eigenvalue weighted by molar-refractivity contribution is 7.89. The summed E-state index contributed by atoms with van der Waals surface area (Å²) in [6, 6.07) is 14.5. The van der Waals surface area contributed by atoms with E-state index in [0.717, 1.165) is 21.8 Å². The standard InChI is InChI=1S/C20H21N3O3S2/c1-14-2-6-16(7-3-14)20-23-17(13-27-20)12-19(24)22-11-10-15-4-8-18(9-5-15)28(21,25)26/h2-9,13H,10-12H2,1H3,(H,22,24)(H2,21,25,26). The summed E-state index contributed by atoms with van der Waals surface area (Å²) < 4.78 is 22.5. The Hall–Kier alpha value is -2.55. The molecule has 0 radical (unpaired) electrons. The molecule has 0 fully saturated rings. The van der Waals surface area contributed by atoms with Crippen molar-refractivity contribution in [2.24, 2.45) is 5.14 Å². The Kier molecular flexibility index (Phi) is 6.23. The van der Waals surface area contributed by atoms with E-state index in [0.29, 0.717) is 13.0 Å². The largest absolute Gasteiger partial charge is 0.355 e. The van der Waals surface area contributed by atoms with Crippen LogP contribution in [0.1, 0.15) is 16.8 Å². The molecule has 0 aliphatic carbocycles. The van der Waals surface area contributed by atoms with Crippen LogP contribution in [0.5, 0.6) is 0 Å². The molecule has 3 rings (SSSR count). The molecule has 1 heterocycles. The van der Waals surface area contributed by atoms with Gasteiger partial charge in [0, 0.05) is 17.5 Å². The molecule has 8 heteroatoms. The smallest absolute Gasteiger partial charge is 0.238 e. The van der Waals surface area contributed by atoms with E-state index in [1.807, 2.05) is 36.6 Å². The molecule has 0 unspecified atom stereocenters. The van der Waals surface area contributed by atoms with Gasteiger partial charge < -0.3 is 5.32 Å². The van der Waals surface area contributed by atoms with E-state index in [9.17, 15) is 13.2 Å². The second-order valence-electron chi connectivity index (χ2n) is 6.48. The number of hydrogen-bond donors (Lipinski definition) is 2. The number of nitrogens with two attached hydrogens (primary N) is 1. The summed E-state index contributed by atoms with van der Waals surface area (Å²) in [6.45, 7) is 2.50. The molecule has 3 N–H and O–H groups in total. The highest BCUT2D eigenvalue weighted by atomic mass is 32.2. The lowest BCUT2D eigenvalue weighted by Gasteiger charge is -2.05. The zero-order valence-corrected chi connectivity index (χ0v) is 17.0. The monoisotopic (exact) mass is 415 g/mol. The van der Waals surface area contributed by atoms with E-state index in [2.05, 4.69) is 10.3 Å². The summed E-state index contributed by atoms with van der Waals surface area (Å²) in [4.78, 5) is 16.8. The average Bonchev–Trinajstić information content (AvgIpc) is 3.10. The number of sulfonamides is 1. The molecule has 0 spiro atoms. The first-order chi connectivity index (χ1) is 13.3. The first-order valence-corrected chi connectivity index (χ1v) is 11.1. The summed E-state index contributed by atoms with van der Waals surface area (Å²) in [5.41, 5.74) is 3.91. The SMILES string of the molecule is Cc1ccc(-c2nc(CC(=O)NCCc3ccc(S(N)(=O)=O)cc3)cs2)cc1. The van der Waals surface area contributed by atoms with Crippen molar-refractivity contribution in [1.29, 1.82) is 0 Å². The van der Waals surface area contributed by atoms with Crippen LogP contribution in [0.15, 0.2) is 58.8 Å². The van der Waals surface area contributed by atoms with Crippen LogP contribution >= 0.6 is 11.3 Å². The lowest BCUT2D eigenvalue weighted by molar-refractivity contribution is -0.120. The molecular formula is C20H21N3O3S2. The molecular weight excluding hydrogens is 394 g/mol. The first-order valence-electron chi connectivity index (χ1n) is 8.71. The van der Waals surface area contributed by atoms with Crippen LogP contribution in [0.25, 0.3) is 10.6 Å². The highest BCUT2D eigenvalue weighted by Gasteiger charge is 2.10. The number of hydrogen-bond acceptors (Lipinski definition) is 5. The minimum absolute atomic E-state index is 0.0770. The van der Waals surface area contributed by atoms with Crippen molar-refractivity contribution in [1.82, 2.24) is 10.3 Å². The van der Waals surface area contributed by atoms with Gasteiger partial charge in [-0.05, 0) is 31.0 Å². The van der Waals surface area contributed by atoms with Gasteiger partial charge in [0.2, 0.25) is 15.9 Å². The van der Waals surface area contributed by atoms with Gasteiger partial charge in [-0.3, -0.25) is 4.79 Å². The van der Waals surface area contributed by atoms with Gasteiger partial charge >= 0.3 is 0 Å². The Bertz CT molecular complexity index is 1060. The third kappa shape index (κ3) is 5.48. The van der Waals surface area contributed by atoms with Crippen molar-refractivity contribution < 1.29 is 13.2 Å². The van der Waals surface area contributed by atoms with Gasteiger partial charge in [-0.1, -0.05) is 42.0 Å². The zero-order chi connectivity index (χ0) is 20.1. The normalized spacial score (nSPS) is 11.4. The van der Waals surface area contributed by atoms with E-state index in [1.54, 1.807) is 12.1 Å². The van der Waals surface area contributed by atoms with Gasteiger partial charge in [0.15, 0.2) is 0 Å². The molecule has 146 valence electrons. The van der Waals surface area contributed by atoms with Crippen LogP contribution in [0.4, 0.5) is 0 Å². The number of carbonyl (C=O) groups is 1. The Balaban J connectivity index is 1.49. The third-order valence-corrected chi connectivity index (χ3v) is 6.05. The first kappa shape index (κ1) is 20.2. The van der Waals surface area contributed by atoms with Gasteiger partial charge in [0.1, 0.15) is 5.01 Å². The van der Waals surface area contributed by atoms with Crippen LogP contribution in [0.3, 0.4) is 0 Å². The van der Waals surface area contributed by atoms with Gasteiger partial charge in [-0.15, -0.1) is 11.3 Å². The Labute approximate surface area is 168 Å². The lowest BCUT2D eigenvalue weighted by atomic mass is 10.1.